The van der Waals surface area contributed by atoms with Crippen LogP contribution in [-0.2, 0) is 9.73 Å². The Hall–Kier alpha value is -3.01. The second kappa shape index (κ2) is 6.26. The van der Waals surface area contributed by atoms with Crippen molar-refractivity contribution in [3.63, 3.8) is 0 Å². The fourth-order valence-corrected chi connectivity index (χ4v) is 4.82. The van der Waals surface area contributed by atoms with Crippen LogP contribution in [0.15, 0.2) is 49.2 Å². The molecule has 1 unspecified atom stereocenters. The highest BCUT2D eigenvalue weighted by Gasteiger charge is 2.29. The van der Waals surface area contributed by atoms with E-state index in [1.165, 1.54) is 6.26 Å². The van der Waals surface area contributed by atoms with Crippen molar-refractivity contribution in [2.24, 2.45) is 9.36 Å². The van der Waals surface area contributed by atoms with Gasteiger partial charge in [-0.2, -0.15) is 4.36 Å². The second-order valence-corrected chi connectivity index (χ2v) is 8.96. The van der Waals surface area contributed by atoms with Crippen molar-refractivity contribution < 1.29 is 22.9 Å². The molecule has 1 aromatic heterocycles. The van der Waals surface area contributed by atoms with Crippen LogP contribution >= 0.6 is 0 Å². The van der Waals surface area contributed by atoms with E-state index < -0.39 is 9.73 Å². The van der Waals surface area contributed by atoms with E-state index in [0.29, 0.717) is 60.0 Å². The number of ether oxygens (including phenoxy) is 2. The van der Waals surface area contributed by atoms with Gasteiger partial charge in [0.2, 0.25) is 12.8 Å². The summed E-state index contributed by atoms with van der Waals surface area (Å²) in [4.78, 5) is 21.2. The number of nitrogens with zero attached hydrogens (tertiary/aromatic N) is 4. The summed E-state index contributed by atoms with van der Waals surface area (Å²) in [5.41, 5.74) is 0.579. The van der Waals surface area contributed by atoms with Gasteiger partial charge in [-0.3, -0.25) is 4.79 Å². The highest BCUT2D eigenvalue weighted by Crippen LogP contribution is 2.42. The van der Waals surface area contributed by atoms with E-state index in [9.17, 15) is 9.00 Å². The van der Waals surface area contributed by atoms with E-state index in [1.807, 2.05) is 4.90 Å². The monoisotopic (exact) mass is 402 g/mol. The van der Waals surface area contributed by atoms with Crippen LogP contribution in [-0.4, -0.2) is 65.1 Å². The fraction of sp³-hybridized carbons (Fsp3) is 0.333. The predicted octanol–water partition coefficient (Wildman–Crippen LogP) is 1.92. The van der Waals surface area contributed by atoms with Crippen LogP contribution in [0.5, 0.6) is 11.5 Å². The van der Waals surface area contributed by atoms with Gasteiger partial charge in [0.05, 0.1) is 26.6 Å². The van der Waals surface area contributed by atoms with Gasteiger partial charge in [-0.25, -0.2) is 9.20 Å². The van der Waals surface area contributed by atoms with Crippen LogP contribution in [0.3, 0.4) is 0 Å². The lowest BCUT2D eigenvalue weighted by atomic mass is 10.2. The molecule has 0 N–H and O–H groups in total. The Morgan fingerprint density at radius 1 is 1.14 bits per heavy atom. The van der Waals surface area contributed by atoms with Crippen LogP contribution in [0.4, 0.5) is 5.69 Å². The summed E-state index contributed by atoms with van der Waals surface area (Å²) in [6, 6.07) is 6.79. The maximum atomic E-state index is 13.2. The smallest absolute Gasteiger partial charge is 0.289 e. The van der Waals surface area contributed by atoms with Crippen LogP contribution in [0, 0.1) is 0 Å². The van der Waals surface area contributed by atoms with Gasteiger partial charge in [0.1, 0.15) is 0 Å². The molecule has 10 heteroatoms. The lowest BCUT2D eigenvalue weighted by molar-refractivity contribution is 0.0659. The lowest BCUT2D eigenvalue weighted by Crippen LogP contribution is -2.50. The van der Waals surface area contributed by atoms with E-state index in [-0.39, 0.29) is 12.7 Å². The van der Waals surface area contributed by atoms with E-state index in [0.717, 1.165) is 0 Å². The van der Waals surface area contributed by atoms with Crippen LogP contribution < -0.4 is 9.47 Å². The quantitative estimate of drug-likeness (QED) is 0.723. The van der Waals surface area contributed by atoms with Crippen LogP contribution in [0.25, 0.3) is 0 Å². The van der Waals surface area contributed by atoms with Crippen molar-refractivity contribution >= 4 is 27.3 Å². The first-order valence-corrected chi connectivity index (χ1v) is 10.8. The molecule has 5 rings (SSSR count). The molecule has 1 fully saturated rings. The molecular weight excluding hydrogens is 384 g/mol. The zero-order valence-corrected chi connectivity index (χ0v) is 16.0. The average Bonchev–Trinajstić information content (AvgIpc) is 3.37. The van der Waals surface area contributed by atoms with Gasteiger partial charge in [0.15, 0.2) is 17.3 Å². The van der Waals surface area contributed by atoms with Gasteiger partial charge in [-0.15, -0.1) is 0 Å². The van der Waals surface area contributed by atoms with Crippen LogP contribution in [0.1, 0.15) is 10.6 Å². The zero-order valence-electron chi connectivity index (χ0n) is 15.2. The standard InChI is InChI=1S/C18H18N4O5S/c1-28(24)16-10-15-14(26-11-27-15)9-12(16)19-18(20-28)22-6-4-21(5-7-22)17(23)13-3-2-8-25-13/h2-3,8-10H,4-7,11H2,1H3. The molecule has 3 aliphatic heterocycles. The van der Waals surface area contributed by atoms with Crippen LogP contribution in [0.2, 0.25) is 0 Å². The maximum Gasteiger partial charge on any atom is 0.289 e. The largest absolute Gasteiger partial charge is 0.459 e. The summed E-state index contributed by atoms with van der Waals surface area (Å²) in [7, 11) is -2.66. The molecule has 1 atom stereocenters. The molecule has 2 aromatic rings. The van der Waals surface area contributed by atoms with Crippen molar-refractivity contribution in [3.8, 4) is 11.5 Å². The molecule has 0 bridgehead atoms. The van der Waals surface area contributed by atoms with Crippen molar-refractivity contribution in [1.29, 1.82) is 0 Å². The summed E-state index contributed by atoms with van der Waals surface area (Å²) in [6.07, 6.45) is 3.08. The molecule has 4 heterocycles. The van der Waals surface area contributed by atoms with Gasteiger partial charge in [-0.05, 0) is 12.1 Å². The second-order valence-electron chi connectivity index (χ2n) is 6.74. The molecule has 0 aliphatic carbocycles. The highest BCUT2D eigenvalue weighted by molar-refractivity contribution is 7.93. The first-order chi connectivity index (χ1) is 13.5. The third kappa shape index (κ3) is 2.80. The van der Waals surface area contributed by atoms with Crippen molar-refractivity contribution in [2.75, 3.05) is 39.2 Å². The maximum absolute atomic E-state index is 13.2. The number of guanidine groups is 1. The Bertz CT molecular complexity index is 1090. The number of hydrogen-bond donors (Lipinski definition) is 0. The number of fused-ring (bicyclic) bond motifs is 2. The highest BCUT2D eigenvalue weighted by atomic mass is 32.2. The molecule has 28 heavy (non-hydrogen) atoms. The predicted molar refractivity (Wildman–Crippen MR) is 101 cm³/mol. The number of carbonyl (C=O) groups excluding carboxylic acids is 1. The van der Waals surface area contributed by atoms with Gasteiger partial charge < -0.3 is 23.7 Å². The fourth-order valence-electron chi connectivity index (χ4n) is 3.43. The molecule has 1 amide bonds. The Balaban J connectivity index is 1.38. The van der Waals surface area contributed by atoms with E-state index >= 15 is 0 Å². The summed E-state index contributed by atoms with van der Waals surface area (Å²) in [5.74, 6) is 1.77. The molecule has 0 spiro atoms. The molecule has 9 nitrogen and oxygen atoms in total. The van der Waals surface area contributed by atoms with Gasteiger partial charge >= 0.3 is 0 Å². The Morgan fingerprint density at radius 3 is 2.61 bits per heavy atom. The minimum atomic E-state index is -2.66. The summed E-state index contributed by atoms with van der Waals surface area (Å²) < 4.78 is 33.5. The topological polar surface area (TPSA) is 96.9 Å². The Morgan fingerprint density at radius 2 is 1.89 bits per heavy atom. The average molecular weight is 402 g/mol. The number of hydrogen-bond acceptors (Lipinski definition) is 8. The summed E-state index contributed by atoms with van der Waals surface area (Å²) >= 11 is 0. The van der Waals surface area contributed by atoms with E-state index in [2.05, 4.69) is 9.36 Å². The first-order valence-electron chi connectivity index (χ1n) is 8.83. The summed E-state index contributed by atoms with van der Waals surface area (Å²) in [6.45, 7) is 2.25. The minimum Gasteiger partial charge on any atom is -0.459 e. The molecular formula is C18H18N4O5S. The van der Waals surface area contributed by atoms with Crippen molar-refractivity contribution in [2.45, 2.75) is 4.90 Å². The number of furan rings is 1. The zero-order chi connectivity index (χ0) is 19.3. The van der Waals surface area contributed by atoms with E-state index in [1.54, 1.807) is 35.4 Å². The molecule has 146 valence electrons. The third-order valence-electron chi connectivity index (χ3n) is 4.92. The number of aliphatic imine (C=N–C) groups is 1. The Labute approximate surface area is 161 Å². The lowest BCUT2D eigenvalue weighted by Gasteiger charge is -2.35. The number of carbonyl (C=O) groups is 1. The van der Waals surface area contributed by atoms with Gasteiger partial charge in [0, 0.05) is 44.6 Å². The summed E-state index contributed by atoms with van der Waals surface area (Å²) in [5, 5.41) is 0. The van der Waals surface area contributed by atoms with Gasteiger partial charge in [-0.1, -0.05) is 0 Å². The van der Waals surface area contributed by atoms with Gasteiger partial charge in [0.25, 0.3) is 5.91 Å². The molecule has 1 saturated heterocycles. The normalized spacial score (nSPS) is 23.1. The SMILES string of the molecule is CS1(=O)=NC(N2CCN(C(=O)c3ccco3)CC2)=Nc2cc3c(cc21)OCO3. The number of rotatable bonds is 1. The number of amides is 1. The van der Waals surface area contributed by atoms with Crippen molar-refractivity contribution in [1.82, 2.24) is 9.80 Å². The third-order valence-corrected chi connectivity index (χ3v) is 6.57. The van der Waals surface area contributed by atoms with Crippen molar-refractivity contribution in [3.05, 3.63) is 36.3 Å². The molecule has 3 aliphatic rings. The number of benzene rings is 1. The van der Waals surface area contributed by atoms with E-state index in [4.69, 9.17) is 13.9 Å². The minimum absolute atomic E-state index is 0.135. The first kappa shape index (κ1) is 17.1. The number of piperazine rings is 1. The molecule has 0 saturated carbocycles. The Kier molecular flexibility index (Phi) is 3.83. The molecule has 0 radical (unpaired) electrons. The molecule has 1 aromatic carbocycles.